The normalized spacial score (nSPS) is 16.8. The zero-order valence-corrected chi connectivity index (χ0v) is 18.3. The molecule has 0 fully saturated rings. The molecule has 1 amide bonds. The third-order valence-electron chi connectivity index (χ3n) is 5.16. The number of nitrogens with one attached hydrogen (secondary N) is 2. The molecule has 8 heteroatoms. The second kappa shape index (κ2) is 9.24. The van der Waals surface area contributed by atoms with Crippen molar-refractivity contribution >= 4 is 39.8 Å². The van der Waals surface area contributed by atoms with Crippen LogP contribution in [-0.2, 0) is 28.9 Å². The summed E-state index contributed by atoms with van der Waals surface area (Å²) in [6.07, 6.45) is 2.72. The van der Waals surface area contributed by atoms with Crippen molar-refractivity contribution in [3.8, 4) is 0 Å². The molecule has 3 rings (SSSR count). The van der Waals surface area contributed by atoms with Crippen LogP contribution in [0.1, 0.15) is 39.7 Å². The van der Waals surface area contributed by atoms with Crippen LogP contribution >= 0.6 is 22.9 Å². The number of anilines is 1. The fourth-order valence-electron chi connectivity index (χ4n) is 3.67. The first-order valence-electron chi connectivity index (χ1n) is 9.57. The maximum atomic E-state index is 14.0. The zero-order chi connectivity index (χ0) is 21.1. The van der Waals surface area contributed by atoms with Crippen molar-refractivity contribution in [2.45, 2.75) is 32.7 Å². The van der Waals surface area contributed by atoms with E-state index in [1.807, 2.05) is 0 Å². The van der Waals surface area contributed by atoms with Gasteiger partial charge in [-0.2, -0.15) is 0 Å². The molecule has 0 radical (unpaired) electrons. The van der Waals surface area contributed by atoms with E-state index in [1.54, 1.807) is 19.2 Å². The molecule has 29 heavy (non-hydrogen) atoms. The smallest absolute Gasteiger partial charge is 0.341 e. The van der Waals surface area contributed by atoms with Gasteiger partial charge in [-0.1, -0.05) is 24.6 Å². The SMILES string of the molecule is COC(=O)c1c(NC(=O)C[NH+](C)Cc2c(F)cccc2Cl)sc2c1CC[C@@H](C)C2. The molecule has 2 aromatic rings. The van der Waals surface area contributed by atoms with E-state index < -0.39 is 5.97 Å². The number of methoxy groups -OCH3 is 1. The van der Waals surface area contributed by atoms with Crippen molar-refractivity contribution in [1.29, 1.82) is 0 Å². The van der Waals surface area contributed by atoms with E-state index in [1.165, 1.54) is 24.5 Å². The Kier molecular flexibility index (Phi) is 6.93. The maximum absolute atomic E-state index is 14.0. The predicted octanol–water partition coefficient (Wildman–Crippen LogP) is 3.11. The highest BCUT2D eigenvalue weighted by molar-refractivity contribution is 7.17. The van der Waals surface area contributed by atoms with E-state index in [4.69, 9.17) is 16.3 Å². The highest BCUT2D eigenvalue weighted by Gasteiger charge is 2.29. The third kappa shape index (κ3) is 4.97. The molecule has 0 saturated heterocycles. The molecular formula is C21H25ClFN2O3S+. The van der Waals surface area contributed by atoms with E-state index in [2.05, 4.69) is 12.2 Å². The lowest BCUT2D eigenvalue weighted by molar-refractivity contribution is -0.885. The molecule has 1 heterocycles. The Morgan fingerprint density at radius 2 is 2.17 bits per heavy atom. The number of likely N-dealkylation sites (N-methyl/N-ethyl adjacent to an activating group) is 1. The minimum atomic E-state index is -0.425. The van der Waals surface area contributed by atoms with Crippen LogP contribution in [-0.4, -0.2) is 32.6 Å². The van der Waals surface area contributed by atoms with Gasteiger partial charge in [-0.25, -0.2) is 9.18 Å². The molecule has 0 saturated carbocycles. The Morgan fingerprint density at radius 1 is 1.41 bits per heavy atom. The van der Waals surface area contributed by atoms with Crippen molar-refractivity contribution in [1.82, 2.24) is 0 Å². The Balaban J connectivity index is 1.72. The van der Waals surface area contributed by atoms with Gasteiger partial charge in [0.25, 0.3) is 5.91 Å². The Morgan fingerprint density at radius 3 is 2.86 bits per heavy atom. The number of carbonyl (C=O) groups is 2. The van der Waals surface area contributed by atoms with E-state index in [0.29, 0.717) is 27.1 Å². The van der Waals surface area contributed by atoms with Gasteiger partial charge < -0.3 is 15.0 Å². The number of hydrogen-bond donors (Lipinski definition) is 2. The van der Waals surface area contributed by atoms with Crippen molar-refractivity contribution in [2.75, 3.05) is 26.0 Å². The summed E-state index contributed by atoms with van der Waals surface area (Å²) in [7, 11) is 3.14. The molecular weight excluding hydrogens is 415 g/mol. The first-order chi connectivity index (χ1) is 13.8. The molecule has 0 spiro atoms. The van der Waals surface area contributed by atoms with Gasteiger partial charge in [-0.15, -0.1) is 11.3 Å². The number of halogens is 2. The first kappa shape index (κ1) is 21.7. The molecule has 2 N–H and O–H groups in total. The van der Waals surface area contributed by atoms with Crippen LogP contribution in [0.15, 0.2) is 18.2 Å². The van der Waals surface area contributed by atoms with Crippen LogP contribution in [0.25, 0.3) is 0 Å². The second-order valence-electron chi connectivity index (χ2n) is 7.61. The molecule has 2 atom stereocenters. The number of ether oxygens (including phenoxy) is 1. The van der Waals surface area contributed by atoms with Gasteiger partial charge in [0.2, 0.25) is 0 Å². The van der Waals surface area contributed by atoms with Gasteiger partial charge in [0, 0.05) is 4.88 Å². The highest BCUT2D eigenvalue weighted by Crippen LogP contribution is 2.39. The number of thiophene rings is 1. The Labute approximate surface area is 178 Å². The molecule has 156 valence electrons. The van der Waals surface area contributed by atoms with Gasteiger partial charge in [0.05, 0.1) is 30.3 Å². The maximum Gasteiger partial charge on any atom is 0.341 e. The molecule has 1 unspecified atom stereocenters. The number of benzene rings is 1. The highest BCUT2D eigenvalue weighted by atomic mass is 35.5. The Hall–Kier alpha value is -1.96. The van der Waals surface area contributed by atoms with Crippen LogP contribution in [0.4, 0.5) is 9.39 Å². The lowest BCUT2D eigenvalue weighted by atomic mass is 9.88. The summed E-state index contributed by atoms with van der Waals surface area (Å²) in [5.41, 5.74) is 1.85. The molecule has 1 aromatic carbocycles. The third-order valence-corrected chi connectivity index (χ3v) is 6.68. The Bertz CT molecular complexity index is 911. The second-order valence-corrected chi connectivity index (χ2v) is 9.12. The predicted molar refractivity (Wildman–Crippen MR) is 112 cm³/mol. The quantitative estimate of drug-likeness (QED) is 0.680. The number of esters is 1. The van der Waals surface area contributed by atoms with Crippen LogP contribution in [0.2, 0.25) is 5.02 Å². The topological polar surface area (TPSA) is 59.8 Å². The van der Waals surface area contributed by atoms with Gasteiger partial charge in [0.15, 0.2) is 6.54 Å². The van der Waals surface area contributed by atoms with Gasteiger partial charge in [0.1, 0.15) is 17.4 Å². The van der Waals surface area contributed by atoms with Crippen molar-refractivity contribution in [3.63, 3.8) is 0 Å². The fourth-order valence-corrected chi connectivity index (χ4v) is 5.31. The largest absolute Gasteiger partial charge is 0.465 e. The van der Waals surface area contributed by atoms with E-state index in [9.17, 15) is 14.0 Å². The van der Waals surface area contributed by atoms with Crippen molar-refractivity contribution in [2.24, 2.45) is 5.92 Å². The molecule has 5 nitrogen and oxygen atoms in total. The lowest BCUT2D eigenvalue weighted by Crippen LogP contribution is -3.08. The fraction of sp³-hybridized carbons (Fsp3) is 0.429. The molecule has 0 bridgehead atoms. The number of hydrogen-bond acceptors (Lipinski definition) is 4. The van der Waals surface area contributed by atoms with Crippen molar-refractivity contribution < 1.29 is 23.6 Å². The first-order valence-corrected chi connectivity index (χ1v) is 10.8. The van der Waals surface area contributed by atoms with Gasteiger partial charge in [-0.05, 0) is 42.9 Å². The average Bonchev–Trinajstić information content (AvgIpc) is 3.00. The van der Waals surface area contributed by atoms with E-state index in [0.717, 1.165) is 34.6 Å². The summed E-state index contributed by atoms with van der Waals surface area (Å²) in [4.78, 5) is 26.9. The molecule has 0 aliphatic heterocycles. The minimum absolute atomic E-state index is 0.115. The van der Waals surface area contributed by atoms with E-state index >= 15 is 0 Å². The van der Waals surface area contributed by atoms with Gasteiger partial charge in [-0.3, -0.25) is 4.79 Å². The van der Waals surface area contributed by atoms with Crippen molar-refractivity contribution in [3.05, 3.63) is 50.6 Å². The summed E-state index contributed by atoms with van der Waals surface area (Å²) in [6.45, 7) is 2.58. The minimum Gasteiger partial charge on any atom is -0.465 e. The number of quaternary nitrogens is 1. The number of carbonyl (C=O) groups excluding carboxylic acids is 2. The number of amides is 1. The van der Waals surface area contributed by atoms with Gasteiger partial charge >= 0.3 is 5.97 Å². The summed E-state index contributed by atoms with van der Waals surface area (Å²) in [6, 6.07) is 4.54. The summed E-state index contributed by atoms with van der Waals surface area (Å²) >= 11 is 7.53. The molecule has 1 aliphatic carbocycles. The molecule has 1 aliphatic rings. The number of rotatable bonds is 6. The molecule has 1 aromatic heterocycles. The van der Waals surface area contributed by atoms with Crippen LogP contribution < -0.4 is 10.2 Å². The average molecular weight is 440 g/mol. The van der Waals surface area contributed by atoms with Crippen LogP contribution in [0.3, 0.4) is 0 Å². The number of fused-ring (bicyclic) bond motifs is 1. The summed E-state index contributed by atoms with van der Waals surface area (Å²) < 4.78 is 18.9. The lowest BCUT2D eigenvalue weighted by Gasteiger charge is -2.18. The summed E-state index contributed by atoms with van der Waals surface area (Å²) in [5.74, 6) is -0.500. The summed E-state index contributed by atoms with van der Waals surface area (Å²) in [5, 5.41) is 3.76. The van der Waals surface area contributed by atoms with Crippen LogP contribution in [0, 0.1) is 11.7 Å². The van der Waals surface area contributed by atoms with E-state index in [-0.39, 0.29) is 24.8 Å². The zero-order valence-electron chi connectivity index (χ0n) is 16.7. The standard InChI is InChI=1S/C21H24ClFN2O3S/c1-12-7-8-13-17(9-12)29-20(19(13)21(27)28-3)24-18(26)11-25(2)10-14-15(22)5-4-6-16(14)23/h4-6,12H,7-11H2,1-3H3,(H,24,26)/p+1/t12-/m1/s1. The van der Waals surface area contributed by atoms with Crippen LogP contribution in [0.5, 0.6) is 0 Å². The monoisotopic (exact) mass is 439 g/mol.